The third-order valence-corrected chi connectivity index (χ3v) is 4.01. The van der Waals surface area contributed by atoms with Crippen LogP contribution in [0.2, 0.25) is 0 Å². The van der Waals surface area contributed by atoms with Crippen molar-refractivity contribution in [2.75, 3.05) is 13.2 Å². The van der Waals surface area contributed by atoms with E-state index in [0.29, 0.717) is 19.1 Å². The highest BCUT2D eigenvalue weighted by Gasteiger charge is 2.21. The highest BCUT2D eigenvalue weighted by atomic mass is 32.3. The zero-order valence-electron chi connectivity index (χ0n) is 15.7. The van der Waals surface area contributed by atoms with E-state index >= 15 is 0 Å². The van der Waals surface area contributed by atoms with Crippen LogP contribution < -0.4 is 10.1 Å². The van der Waals surface area contributed by atoms with Gasteiger partial charge in [-0.2, -0.15) is 8.42 Å². The first-order valence-electron chi connectivity index (χ1n) is 8.80. The average molecular weight is 390 g/mol. The van der Waals surface area contributed by atoms with Gasteiger partial charge in [0.2, 0.25) is 0 Å². The molecule has 1 aromatic rings. The Labute approximate surface area is 156 Å². The van der Waals surface area contributed by atoms with Gasteiger partial charge >= 0.3 is 10.4 Å². The van der Waals surface area contributed by atoms with Crippen molar-refractivity contribution in [2.24, 2.45) is 0 Å². The fourth-order valence-electron chi connectivity index (χ4n) is 2.85. The summed E-state index contributed by atoms with van der Waals surface area (Å²) in [4.78, 5) is 0. The van der Waals surface area contributed by atoms with Crippen LogP contribution in [0.25, 0.3) is 0 Å². The van der Waals surface area contributed by atoms with E-state index in [1.165, 1.54) is 31.2 Å². The van der Waals surface area contributed by atoms with Crippen LogP contribution in [-0.2, 0) is 10.4 Å². The molecular formula is C18H31NO6S. The van der Waals surface area contributed by atoms with Crippen LogP contribution in [0.5, 0.6) is 5.75 Å². The minimum absolute atomic E-state index is 0.0166. The predicted octanol–water partition coefficient (Wildman–Crippen LogP) is 2.82. The maximum Gasteiger partial charge on any atom is 0.394 e. The Balaban J connectivity index is 0.000000597. The number of benzene rings is 1. The molecule has 1 atom stereocenters. The number of hydrogen-bond donors (Lipinski definition) is 4. The Morgan fingerprint density at radius 2 is 1.73 bits per heavy atom. The SMILES string of the molecule is CC(C)(C)NC[C@H](O)COc1ccccc1C1CCCC1.O=S(=O)(O)O. The number of nitrogens with one attached hydrogen (secondary N) is 1. The van der Waals surface area contributed by atoms with Gasteiger partial charge in [0.25, 0.3) is 0 Å². The number of ether oxygens (including phenoxy) is 1. The Bertz CT molecular complexity index is 627. The largest absolute Gasteiger partial charge is 0.491 e. The lowest BCUT2D eigenvalue weighted by Gasteiger charge is -2.23. The number of β-amino-alcohol motifs (C(OH)–C–C–N with tert-alkyl or cyclic N) is 1. The Kier molecular flexibility index (Phi) is 8.99. The highest BCUT2D eigenvalue weighted by molar-refractivity contribution is 7.79. The molecule has 0 bridgehead atoms. The van der Waals surface area contributed by atoms with Gasteiger partial charge in [0.05, 0.1) is 0 Å². The summed E-state index contributed by atoms with van der Waals surface area (Å²) < 4.78 is 37.5. The van der Waals surface area contributed by atoms with Crippen molar-refractivity contribution in [3.63, 3.8) is 0 Å². The summed E-state index contributed by atoms with van der Waals surface area (Å²) in [5.74, 6) is 1.57. The lowest BCUT2D eigenvalue weighted by molar-refractivity contribution is 0.0993. The molecule has 1 fully saturated rings. The van der Waals surface area contributed by atoms with Gasteiger partial charge < -0.3 is 15.2 Å². The van der Waals surface area contributed by atoms with E-state index in [1.54, 1.807) is 0 Å². The summed E-state index contributed by atoms with van der Waals surface area (Å²) in [6, 6.07) is 8.29. The molecule has 150 valence electrons. The van der Waals surface area contributed by atoms with Crippen LogP contribution in [0.3, 0.4) is 0 Å². The average Bonchev–Trinajstić information content (AvgIpc) is 3.03. The molecular weight excluding hydrogens is 358 g/mol. The van der Waals surface area contributed by atoms with Crippen molar-refractivity contribution in [1.29, 1.82) is 0 Å². The standard InChI is InChI=1S/C18H29NO2.H2O4S/c1-18(2,3)19-12-15(20)13-21-17-11-7-6-10-16(17)14-8-4-5-9-14;1-5(2,3)4/h6-7,10-11,14-15,19-20H,4-5,8-9,12-13H2,1-3H3;(H2,1,2,3,4)/t15-;/m0./s1. The zero-order valence-corrected chi connectivity index (χ0v) is 16.5. The summed E-state index contributed by atoms with van der Waals surface area (Å²) in [5, 5.41) is 13.3. The Morgan fingerprint density at radius 3 is 2.27 bits per heavy atom. The van der Waals surface area contributed by atoms with E-state index in [1.807, 2.05) is 12.1 Å². The van der Waals surface area contributed by atoms with Crippen molar-refractivity contribution >= 4 is 10.4 Å². The van der Waals surface area contributed by atoms with Crippen LogP contribution >= 0.6 is 0 Å². The van der Waals surface area contributed by atoms with E-state index < -0.39 is 16.5 Å². The molecule has 0 spiro atoms. The fourth-order valence-corrected chi connectivity index (χ4v) is 2.85. The molecule has 0 heterocycles. The van der Waals surface area contributed by atoms with Crippen LogP contribution in [0.1, 0.15) is 57.9 Å². The van der Waals surface area contributed by atoms with Gasteiger partial charge in [0, 0.05) is 12.1 Å². The summed E-state index contributed by atoms with van der Waals surface area (Å²) >= 11 is 0. The lowest BCUT2D eigenvalue weighted by Crippen LogP contribution is -2.42. The molecule has 26 heavy (non-hydrogen) atoms. The second-order valence-corrected chi connectivity index (χ2v) is 8.46. The third kappa shape index (κ3) is 10.7. The molecule has 2 rings (SSSR count). The zero-order chi connectivity index (χ0) is 19.8. The van der Waals surface area contributed by atoms with E-state index in [-0.39, 0.29) is 5.54 Å². The number of hydrogen-bond acceptors (Lipinski definition) is 5. The van der Waals surface area contributed by atoms with Crippen LogP contribution in [0.15, 0.2) is 24.3 Å². The fraction of sp³-hybridized carbons (Fsp3) is 0.667. The quantitative estimate of drug-likeness (QED) is 0.553. The normalized spacial score (nSPS) is 16.7. The van der Waals surface area contributed by atoms with Crippen molar-refractivity contribution in [3.05, 3.63) is 29.8 Å². The monoisotopic (exact) mass is 389 g/mol. The van der Waals surface area contributed by atoms with Gasteiger partial charge in [-0.1, -0.05) is 31.0 Å². The van der Waals surface area contributed by atoms with Crippen molar-refractivity contribution < 1.29 is 27.4 Å². The van der Waals surface area contributed by atoms with Gasteiger partial charge in [-0.25, -0.2) is 0 Å². The summed E-state index contributed by atoms with van der Waals surface area (Å²) in [6.07, 6.45) is 4.66. The van der Waals surface area contributed by atoms with Gasteiger partial charge in [0.15, 0.2) is 0 Å². The first kappa shape index (κ1) is 22.9. The molecule has 0 aromatic heterocycles. The van der Waals surface area contributed by atoms with Gasteiger partial charge in [0.1, 0.15) is 18.5 Å². The maximum absolute atomic E-state index is 10.0. The Hall–Kier alpha value is -1.19. The number of rotatable bonds is 6. The molecule has 0 aliphatic heterocycles. The lowest BCUT2D eigenvalue weighted by atomic mass is 9.97. The minimum Gasteiger partial charge on any atom is -0.491 e. The first-order chi connectivity index (χ1) is 12.0. The van der Waals surface area contributed by atoms with E-state index in [0.717, 1.165) is 5.75 Å². The third-order valence-electron chi connectivity index (χ3n) is 4.01. The van der Waals surface area contributed by atoms with Crippen LogP contribution in [0.4, 0.5) is 0 Å². The number of aliphatic hydroxyl groups is 1. The van der Waals surface area contributed by atoms with Gasteiger partial charge in [-0.05, 0) is 51.2 Å². The molecule has 8 heteroatoms. The summed E-state index contributed by atoms with van der Waals surface area (Å²) in [5.41, 5.74) is 1.33. The molecule has 1 aromatic carbocycles. The second-order valence-electron chi connectivity index (χ2n) is 7.56. The smallest absolute Gasteiger partial charge is 0.394 e. The molecule has 7 nitrogen and oxygen atoms in total. The topological polar surface area (TPSA) is 116 Å². The van der Waals surface area contributed by atoms with Crippen LogP contribution in [-0.4, -0.2) is 47.4 Å². The first-order valence-corrected chi connectivity index (χ1v) is 10.2. The molecule has 1 aliphatic carbocycles. The van der Waals surface area contributed by atoms with Crippen LogP contribution in [0, 0.1) is 0 Å². The molecule has 1 saturated carbocycles. The Morgan fingerprint density at radius 1 is 1.19 bits per heavy atom. The molecule has 0 unspecified atom stereocenters. The molecule has 4 N–H and O–H groups in total. The van der Waals surface area contributed by atoms with Gasteiger partial charge in [-0.15, -0.1) is 0 Å². The minimum atomic E-state index is -4.67. The van der Waals surface area contributed by atoms with Gasteiger partial charge in [-0.3, -0.25) is 9.11 Å². The van der Waals surface area contributed by atoms with E-state index in [2.05, 4.69) is 38.2 Å². The molecule has 0 amide bonds. The maximum atomic E-state index is 10.0. The van der Waals surface area contributed by atoms with E-state index in [9.17, 15) is 5.11 Å². The van der Waals surface area contributed by atoms with Crippen molar-refractivity contribution in [1.82, 2.24) is 5.32 Å². The molecule has 1 aliphatic rings. The summed E-state index contributed by atoms with van der Waals surface area (Å²) in [7, 11) is -4.67. The van der Waals surface area contributed by atoms with Crippen molar-refractivity contribution in [3.8, 4) is 5.75 Å². The highest BCUT2D eigenvalue weighted by Crippen LogP contribution is 2.38. The van der Waals surface area contributed by atoms with E-state index in [4.69, 9.17) is 22.3 Å². The van der Waals surface area contributed by atoms with Crippen molar-refractivity contribution in [2.45, 2.75) is 64.0 Å². The summed E-state index contributed by atoms with van der Waals surface area (Å²) in [6.45, 7) is 7.17. The number of para-hydroxylation sites is 1. The number of aliphatic hydroxyl groups excluding tert-OH is 1. The molecule has 0 saturated heterocycles. The molecule has 0 radical (unpaired) electrons. The predicted molar refractivity (Wildman–Crippen MR) is 101 cm³/mol. The second kappa shape index (κ2) is 10.2.